The van der Waals surface area contributed by atoms with Crippen molar-refractivity contribution in [1.82, 2.24) is 10.6 Å². The lowest BCUT2D eigenvalue weighted by Crippen LogP contribution is -2.50. The summed E-state index contributed by atoms with van der Waals surface area (Å²) < 4.78 is 11.3. The van der Waals surface area contributed by atoms with Crippen molar-refractivity contribution in [3.05, 3.63) is 52.5 Å². The maximum absolute atomic E-state index is 12.6. The summed E-state index contributed by atoms with van der Waals surface area (Å²) in [5.74, 6) is 0.920. The number of benzene rings is 2. The number of amides is 2. The molecule has 3 N–H and O–H groups in total. The van der Waals surface area contributed by atoms with E-state index in [4.69, 9.17) is 32.7 Å². The number of ether oxygens (including phenoxy) is 2. The molecule has 0 bridgehead atoms. The fourth-order valence-electron chi connectivity index (χ4n) is 3.91. The van der Waals surface area contributed by atoms with E-state index in [0.717, 1.165) is 31.4 Å². The van der Waals surface area contributed by atoms with Gasteiger partial charge in [0.05, 0.1) is 12.2 Å². The largest absolute Gasteiger partial charge is 0.484 e. The Kier molecular flexibility index (Phi) is 7.27. The zero-order chi connectivity index (χ0) is 22.5. The molecular weight excluding hydrogens is 453 g/mol. The Labute approximate surface area is 196 Å². The topological polar surface area (TPSA) is 88.7 Å². The quantitative estimate of drug-likeness (QED) is 0.588. The highest BCUT2D eigenvalue weighted by Gasteiger charge is 2.29. The first-order chi connectivity index (χ1) is 15.5. The third-order valence-corrected chi connectivity index (χ3v) is 6.09. The maximum Gasteiger partial charge on any atom is 0.263 e. The van der Waals surface area contributed by atoms with E-state index < -0.39 is 6.10 Å². The van der Waals surface area contributed by atoms with E-state index in [1.54, 1.807) is 42.5 Å². The summed E-state index contributed by atoms with van der Waals surface area (Å²) in [4.78, 5) is 24.8. The average Bonchev–Trinajstić information content (AvgIpc) is 2.79. The zero-order valence-electron chi connectivity index (χ0n) is 17.4. The van der Waals surface area contributed by atoms with Gasteiger partial charge in [-0.05, 0) is 68.1 Å². The number of hydrogen-bond donors (Lipinski definition) is 3. The summed E-state index contributed by atoms with van der Waals surface area (Å²) in [7, 11) is 0. The van der Waals surface area contributed by atoms with Crippen LogP contribution in [0.25, 0.3) is 0 Å². The van der Waals surface area contributed by atoms with Gasteiger partial charge in [-0.1, -0.05) is 23.2 Å². The molecular formula is C23H25Cl2N3O4. The lowest BCUT2D eigenvalue weighted by Gasteiger charge is -2.32. The van der Waals surface area contributed by atoms with Crippen LogP contribution in [0, 0.1) is 0 Å². The monoisotopic (exact) mass is 477 g/mol. The Hall–Kier alpha value is -2.64. The minimum atomic E-state index is -0.592. The fraction of sp³-hybridized carbons (Fsp3) is 0.391. The van der Waals surface area contributed by atoms with Gasteiger partial charge >= 0.3 is 0 Å². The Bertz CT molecular complexity index is 962. The Morgan fingerprint density at radius 1 is 0.969 bits per heavy atom. The third kappa shape index (κ3) is 5.99. The van der Waals surface area contributed by atoms with Gasteiger partial charge < -0.3 is 25.4 Å². The van der Waals surface area contributed by atoms with Crippen molar-refractivity contribution in [3.8, 4) is 11.5 Å². The van der Waals surface area contributed by atoms with Crippen LogP contribution in [0.5, 0.6) is 11.5 Å². The summed E-state index contributed by atoms with van der Waals surface area (Å²) in [5.41, 5.74) is 0.790. The zero-order valence-corrected chi connectivity index (χ0v) is 18.9. The van der Waals surface area contributed by atoms with Crippen LogP contribution < -0.4 is 25.4 Å². The molecule has 1 atom stereocenters. The van der Waals surface area contributed by atoms with Crippen molar-refractivity contribution < 1.29 is 19.1 Å². The van der Waals surface area contributed by atoms with Gasteiger partial charge in [0.2, 0.25) is 0 Å². The molecule has 1 heterocycles. The predicted octanol–water partition coefficient (Wildman–Crippen LogP) is 3.79. The molecule has 0 radical (unpaired) electrons. The van der Waals surface area contributed by atoms with Crippen molar-refractivity contribution in [2.75, 3.05) is 18.5 Å². The second-order valence-electron chi connectivity index (χ2n) is 8.00. The highest BCUT2D eigenvalue weighted by molar-refractivity contribution is 6.31. The van der Waals surface area contributed by atoms with Crippen LogP contribution in [0.15, 0.2) is 42.5 Å². The van der Waals surface area contributed by atoms with Gasteiger partial charge in [-0.3, -0.25) is 9.59 Å². The number of fused-ring (bicyclic) bond motifs is 1. The van der Waals surface area contributed by atoms with E-state index in [2.05, 4.69) is 16.0 Å². The molecule has 32 heavy (non-hydrogen) atoms. The Morgan fingerprint density at radius 3 is 2.34 bits per heavy atom. The van der Waals surface area contributed by atoms with Crippen LogP contribution in [0.1, 0.15) is 25.7 Å². The average molecular weight is 478 g/mol. The summed E-state index contributed by atoms with van der Waals surface area (Å²) in [5, 5.41) is 10.5. The van der Waals surface area contributed by atoms with Crippen LogP contribution in [0.4, 0.5) is 5.69 Å². The molecule has 9 heteroatoms. The molecule has 1 fully saturated rings. The normalized spacial score (nSPS) is 22.0. The lowest BCUT2D eigenvalue weighted by atomic mass is 9.91. The summed E-state index contributed by atoms with van der Waals surface area (Å²) in [6.07, 6.45) is 2.58. The first-order valence-electron chi connectivity index (χ1n) is 10.6. The lowest BCUT2D eigenvalue weighted by molar-refractivity contribution is -0.129. The Morgan fingerprint density at radius 2 is 1.62 bits per heavy atom. The van der Waals surface area contributed by atoms with Crippen LogP contribution in [0.3, 0.4) is 0 Å². The van der Waals surface area contributed by atoms with Crippen LogP contribution in [0.2, 0.25) is 10.0 Å². The highest BCUT2D eigenvalue weighted by atomic mass is 35.5. The number of carbonyl (C=O) groups excluding carboxylic acids is 2. The van der Waals surface area contributed by atoms with Gasteiger partial charge in [-0.15, -0.1) is 0 Å². The summed E-state index contributed by atoms with van der Waals surface area (Å²) in [6, 6.07) is 12.3. The van der Waals surface area contributed by atoms with Gasteiger partial charge in [0.1, 0.15) is 11.5 Å². The first-order valence-corrected chi connectivity index (χ1v) is 11.4. The molecule has 0 saturated heterocycles. The van der Waals surface area contributed by atoms with Gasteiger partial charge in [-0.25, -0.2) is 0 Å². The number of halogens is 2. The second kappa shape index (κ2) is 10.3. The number of nitrogens with one attached hydrogen (secondary N) is 3. The van der Waals surface area contributed by atoms with Gasteiger partial charge in [0, 0.05) is 22.1 Å². The van der Waals surface area contributed by atoms with Crippen molar-refractivity contribution in [2.24, 2.45) is 0 Å². The Balaban J connectivity index is 1.17. The molecule has 4 rings (SSSR count). The molecule has 0 aromatic heterocycles. The number of rotatable bonds is 6. The SMILES string of the molecule is O=C(COc1ccc(Cl)cc1)NC1CCC(NC(=O)[C@H]2CNc3cc(Cl)ccc3O2)CC1. The van der Waals surface area contributed by atoms with Gasteiger partial charge in [0.15, 0.2) is 12.7 Å². The van der Waals surface area contributed by atoms with E-state index in [1.807, 2.05) is 0 Å². The molecule has 7 nitrogen and oxygen atoms in total. The van der Waals surface area contributed by atoms with E-state index >= 15 is 0 Å². The smallest absolute Gasteiger partial charge is 0.263 e. The van der Waals surface area contributed by atoms with Crippen molar-refractivity contribution in [2.45, 2.75) is 43.9 Å². The molecule has 2 aromatic carbocycles. The van der Waals surface area contributed by atoms with E-state index in [-0.39, 0.29) is 30.5 Å². The van der Waals surface area contributed by atoms with E-state index in [1.165, 1.54) is 0 Å². The molecule has 1 aliphatic carbocycles. The molecule has 1 aliphatic heterocycles. The fourth-order valence-corrected chi connectivity index (χ4v) is 4.21. The predicted molar refractivity (Wildman–Crippen MR) is 124 cm³/mol. The minimum Gasteiger partial charge on any atom is -0.484 e. The van der Waals surface area contributed by atoms with Crippen molar-refractivity contribution in [3.63, 3.8) is 0 Å². The molecule has 2 aliphatic rings. The van der Waals surface area contributed by atoms with Crippen LogP contribution in [-0.2, 0) is 9.59 Å². The maximum atomic E-state index is 12.6. The van der Waals surface area contributed by atoms with E-state index in [0.29, 0.717) is 28.1 Å². The van der Waals surface area contributed by atoms with Crippen LogP contribution in [-0.4, -0.2) is 43.2 Å². The van der Waals surface area contributed by atoms with Crippen LogP contribution >= 0.6 is 23.2 Å². The summed E-state index contributed by atoms with van der Waals surface area (Å²) in [6.45, 7) is 0.342. The highest BCUT2D eigenvalue weighted by Crippen LogP contribution is 2.31. The third-order valence-electron chi connectivity index (χ3n) is 5.60. The number of hydrogen-bond acceptors (Lipinski definition) is 5. The minimum absolute atomic E-state index is 0.0446. The molecule has 1 saturated carbocycles. The number of carbonyl (C=O) groups is 2. The van der Waals surface area contributed by atoms with Gasteiger partial charge in [-0.2, -0.15) is 0 Å². The van der Waals surface area contributed by atoms with Crippen molar-refractivity contribution in [1.29, 1.82) is 0 Å². The molecule has 2 aromatic rings. The standard InChI is InChI=1S/C23H25Cl2N3O4/c24-14-1-8-18(9-2-14)31-13-22(29)27-16-4-6-17(7-5-16)28-23(30)21-12-26-19-11-15(25)3-10-20(19)32-21/h1-3,8-11,16-17,21,26H,4-7,12-13H2,(H,27,29)(H,28,30)/t16?,17?,21-/m1/s1. The van der Waals surface area contributed by atoms with Gasteiger partial charge in [0.25, 0.3) is 11.8 Å². The molecule has 2 amide bonds. The van der Waals surface area contributed by atoms with E-state index in [9.17, 15) is 9.59 Å². The molecule has 0 unspecified atom stereocenters. The molecule has 0 spiro atoms. The second-order valence-corrected chi connectivity index (χ2v) is 8.87. The molecule has 170 valence electrons. The number of anilines is 1. The van der Waals surface area contributed by atoms with Crippen molar-refractivity contribution >= 4 is 40.7 Å². The first kappa shape index (κ1) is 22.6. The summed E-state index contributed by atoms with van der Waals surface area (Å²) >= 11 is 11.8.